The van der Waals surface area contributed by atoms with Gasteiger partial charge in [0.2, 0.25) is 0 Å². The average molecular weight is 210 g/mol. The zero-order chi connectivity index (χ0) is 9.84. The summed E-state index contributed by atoms with van der Waals surface area (Å²) in [7, 11) is 0. The van der Waals surface area contributed by atoms with Gasteiger partial charge in [0.05, 0.1) is 5.69 Å². The van der Waals surface area contributed by atoms with Gasteiger partial charge in [0, 0.05) is 5.56 Å². The third-order valence-corrected chi connectivity index (χ3v) is 1.87. The first-order valence-electron chi connectivity index (χ1n) is 3.58. The summed E-state index contributed by atoms with van der Waals surface area (Å²) in [6.45, 7) is -2.73. The molecule has 72 valence electrons. The smallest absolute Gasteiger partial charge is 0.132 e. The molecule has 0 aliphatic heterocycles. The van der Waals surface area contributed by atoms with Crippen molar-refractivity contribution in [2.45, 2.75) is 20.0 Å². The number of hydrogen-bond donors (Lipinski definition) is 0. The first kappa shape index (κ1) is 10.3. The zero-order valence-electron chi connectivity index (χ0n) is 6.66. The molecule has 0 fully saturated rings. The Labute approximate surface area is 78.5 Å². The van der Waals surface area contributed by atoms with Crippen molar-refractivity contribution < 1.29 is 13.2 Å². The molecule has 1 aromatic heterocycles. The van der Waals surface area contributed by atoms with Gasteiger partial charge in [0.1, 0.15) is 25.2 Å². The number of hydrogen-bond acceptors (Lipinski definition) is 1. The van der Waals surface area contributed by atoms with Crippen LogP contribution in [-0.4, -0.2) is 4.98 Å². The number of nitrogens with zero attached hydrogens (tertiary/aromatic N) is 1. The van der Waals surface area contributed by atoms with Crippen molar-refractivity contribution in [3.63, 3.8) is 0 Å². The van der Waals surface area contributed by atoms with Gasteiger partial charge in [-0.3, -0.25) is 0 Å². The van der Waals surface area contributed by atoms with Crippen molar-refractivity contribution >= 4 is 11.6 Å². The number of aromatic nitrogens is 1. The maximum atomic E-state index is 12.3. The van der Waals surface area contributed by atoms with E-state index in [1.54, 1.807) is 0 Å². The van der Waals surface area contributed by atoms with Gasteiger partial charge in [-0.25, -0.2) is 18.2 Å². The van der Waals surface area contributed by atoms with E-state index < -0.39 is 20.0 Å². The molecule has 0 unspecified atom stereocenters. The highest BCUT2D eigenvalue weighted by atomic mass is 35.5. The van der Waals surface area contributed by atoms with E-state index >= 15 is 0 Å². The minimum absolute atomic E-state index is 0.0162. The summed E-state index contributed by atoms with van der Waals surface area (Å²) in [6.07, 6.45) is 0. The summed E-state index contributed by atoms with van der Waals surface area (Å²) < 4.78 is 36.9. The molecule has 0 aromatic carbocycles. The van der Waals surface area contributed by atoms with E-state index in [1.165, 1.54) is 6.07 Å². The van der Waals surface area contributed by atoms with Crippen LogP contribution in [0.5, 0.6) is 0 Å². The van der Waals surface area contributed by atoms with Crippen LogP contribution in [0.4, 0.5) is 13.2 Å². The molecule has 0 aliphatic carbocycles. The Balaban J connectivity index is 3.25. The molecule has 0 saturated heterocycles. The molecule has 1 aromatic rings. The standard InChI is InChI=1S/C8H7ClF3N/c9-8-1-5(2-10)6(3-11)7(4-12)13-8/h1H,2-4H2. The minimum Gasteiger partial charge on any atom is -0.246 e. The van der Waals surface area contributed by atoms with E-state index in [0.717, 1.165) is 0 Å². The molecule has 0 amide bonds. The van der Waals surface area contributed by atoms with Crippen LogP contribution in [0.2, 0.25) is 5.15 Å². The summed E-state index contributed by atoms with van der Waals surface area (Å²) in [5, 5.41) is -0.0162. The van der Waals surface area contributed by atoms with Gasteiger partial charge in [-0.2, -0.15) is 0 Å². The molecule has 0 atom stereocenters. The van der Waals surface area contributed by atoms with Crippen LogP contribution in [-0.2, 0) is 20.0 Å². The zero-order valence-corrected chi connectivity index (χ0v) is 7.41. The summed E-state index contributed by atoms with van der Waals surface area (Å²) >= 11 is 5.47. The fourth-order valence-electron chi connectivity index (χ4n) is 1.04. The molecule has 0 radical (unpaired) electrons. The van der Waals surface area contributed by atoms with Crippen molar-refractivity contribution in [1.29, 1.82) is 0 Å². The van der Waals surface area contributed by atoms with Gasteiger partial charge in [0.15, 0.2) is 0 Å². The Hall–Kier alpha value is -0.770. The quantitative estimate of drug-likeness (QED) is 0.697. The molecule has 1 rings (SSSR count). The first-order chi connectivity index (χ1) is 6.22. The number of pyridine rings is 1. The predicted molar refractivity (Wildman–Crippen MR) is 43.7 cm³/mol. The van der Waals surface area contributed by atoms with Crippen LogP contribution in [0.25, 0.3) is 0 Å². The molecule has 0 spiro atoms. The van der Waals surface area contributed by atoms with Crippen molar-refractivity contribution in [3.05, 3.63) is 28.0 Å². The Morgan fingerprint density at radius 3 is 2.31 bits per heavy atom. The maximum absolute atomic E-state index is 12.3. The summed E-state index contributed by atoms with van der Waals surface area (Å²) in [6, 6.07) is 1.20. The Bertz CT molecular complexity index is 278. The van der Waals surface area contributed by atoms with E-state index in [-0.39, 0.29) is 22.0 Å². The molecule has 0 N–H and O–H groups in total. The van der Waals surface area contributed by atoms with E-state index in [2.05, 4.69) is 4.98 Å². The highest BCUT2D eigenvalue weighted by molar-refractivity contribution is 6.29. The largest absolute Gasteiger partial charge is 0.246 e. The minimum atomic E-state index is -0.938. The summed E-state index contributed by atoms with van der Waals surface area (Å²) in [4.78, 5) is 3.55. The molecular weight excluding hydrogens is 203 g/mol. The van der Waals surface area contributed by atoms with Crippen molar-refractivity contribution in [2.75, 3.05) is 0 Å². The van der Waals surface area contributed by atoms with Gasteiger partial charge in [-0.1, -0.05) is 11.6 Å². The van der Waals surface area contributed by atoms with Gasteiger partial charge < -0.3 is 0 Å². The molecule has 5 heteroatoms. The lowest BCUT2D eigenvalue weighted by molar-refractivity contribution is 0.430. The van der Waals surface area contributed by atoms with Crippen molar-refractivity contribution in [3.8, 4) is 0 Å². The van der Waals surface area contributed by atoms with Crippen molar-refractivity contribution in [2.24, 2.45) is 0 Å². The van der Waals surface area contributed by atoms with E-state index in [4.69, 9.17) is 11.6 Å². The van der Waals surface area contributed by atoms with E-state index in [9.17, 15) is 13.2 Å². The molecular formula is C8H7ClF3N. The van der Waals surface area contributed by atoms with E-state index in [0.29, 0.717) is 0 Å². The lowest BCUT2D eigenvalue weighted by Gasteiger charge is -2.06. The first-order valence-corrected chi connectivity index (χ1v) is 3.95. The monoisotopic (exact) mass is 209 g/mol. The molecule has 0 bridgehead atoms. The fraction of sp³-hybridized carbons (Fsp3) is 0.375. The summed E-state index contributed by atoms with van der Waals surface area (Å²) in [5.41, 5.74) is -0.0906. The average Bonchev–Trinajstić information content (AvgIpc) is 2.16. The Morgan fingerprint density at radius 2 is 1.85 bits per heavy atom. The van der Waals surface area contributed by atoms with Crippen LogP contribution in [0.15, 0.2) is 6.07 Å². The Kier molecular flexibility index (Phi) is 3.54. The Morgan fingerprint density at radius 1 is 1.15 bits per heavy atom. The molecule has 13 heavy (non-hydrogen) atoms. The number of rotatable bonds is 3. The SMILES string of the molecule is FCc1cc(Cl)nc(CF)c1CF. The normalized spacial score (nSPS) is 10.5. The topological polar surface area (TPSA) is 12.9 Å². The second-order valence-electron chi connectivity index (χ2n) is 2.43. The second-order valence-corrected chi connectivity index (χ2v) is 2.82. The van der Waals surface area contributed by atoms with Crippen LogP contribution >= 0.6 is 11.6 Å². The third-order valence-electron chi connectivity index (χ3n) is 1.68. The third kappa shape index (κ3) is 2.12. The van der Waals surface area contributed by atoms with Crippen LogP contribution in [0.1, 0.15) is 16.8 Å². The lowest BCUT2D eigenvalue weighted by Crippen LogP contribution is -1.99. The highest BCUT2D eigenvalue weighted by Gasteiger charge is 2.11. The fourth-order valence-corrected chi connectivity index (χ4v) is 1.27. The molecule has 1 nitrogen and oxygen atoms in total. The van der Waals surface area contributed by atoms with Gasteiger partial charge >= 0.3 is 0 Å². The molecule has 1 heterocycles. The second kappa shape index (κ2) is 4.46. The molecule has 0 aliphatic rings. The van der Waals surface area contributed by atoms with Crippen LogP contribution < -0.4 is 0 Å². The lowest BCUT2D eigenvalue weighted by atomic mass is 10.1. The number of halogens is 4. The van der Waals surface area contributed by atoms with Crippen LogP contribution in [0.3, 0.4) is 0 Å². The van der Waals surface area contributed by atoms with Gasteiger partial charge in [-0.15, -0.1) is 0 Å². The van der Waals surface area contributed by atoms with Gasteiger partial charge in [-0.05, 0) is 11.6 Å². The van der Waals surface area contributed by atoms with E-state index in [1.807, 2.05) is 0 Å². The predicted octanol–water partition coefficient (Wildman–Crippen LogP) is 3.14. The maximum Gasteiger partial charge on any atom is 0.132 e. The summed E-state index contributed by atoms with van der Waals surface area (Å²) in [5.74, 6) is 0. The number of alkyl halides is 3. The highest BCUT2D eigenvalue weighted by Crippen LogP contribution is 2.20. The van der Waals surface area contributed by atoms with Crippen LogP contribution in [0, 0.1) is 0 Å². The van der Waals surface area contributed by atoms with Crippen molar-refractivity contribution in [1.82, 2.24) is 4.98 Å². The van der Waals surface area contributed by atoms with Gasteiger partial charge in [0.25, 0.3) is 0 Å². The molecule has 0 saturated carbocycles.